The van der Waals surface area contributed by atoms with Gasteiger partial charge in [0.25, 0.3) is 0 Å². The van der Waals surface area contributed by atoms with E-state index in [-0.39, 0.29) is 40.4 Å². The fraction of sp³-hybridized carbons (Fsp3) is 0.379. The number of amides is 3. The van der Waals surface area contributed by atoms with Gasteiger partial charge in [-0.05, 0) is 48.7 Å². The first-order valence-electron chi connectivity index (χ1n) is 13.1. The molecule has 2 aliphatic carbocycles. The lowest BCUT2D eigenvalue weighted by atomic mass is 9.84. The number of carbonyl (C=O) groups is 4. The number of allylic oxidation sites excluding steroid dienone is 2. The van der Waals surface area contributed by atoms with E-state index in [2.05, 4.69) is 0 Å². The number of alkyl halides is 4. The van der Waals surface area contributed by atoms with E-state index in [0.29, 0.717) is 5.56 Å². The molecule has 42 heavy (non-hydrogen) atoms. The highest BCUT2D eigenvalue weighted by atomic mass is 35.5. The third-order valence-electron chi connectivity index (χ3n) is 8.66. The Labute approximate surface area is 271 Å². The average Bonchev–Trinajstić information content (AvgIpc) is 3.54. The van der Waals surface area contributed by atoms with Gasteiger partial charge in [0.1, 0.15) is 15.5 Å². The van der Waals surface area contributed by atoms with Crippen molar-refractivity contribution in [2.24, 2.45) is 17.8 Å². The summed E-state index contributed by atoms with van der Waals surface area (Å²) in [5, 5.41) is -0.340. The molecule has 3 fully saturated rings. The SMILES string of the molecule is CCc1ccccc1N1C[C@@H](C(=O)Oc2ccc(N3C(=O)[C@@H]4[C@H](C3=O)[C@@]3(Cl)C(Cl)=C(Cl)[C@@]4(Cl)C3(Cl)Cl)c(C)c2)CC1=O. The lowest BCUT2D eigenvalue weighted by Crippen LogP contribution is -2.50. The minimum atomic E-state index is -2.02. The van der Waals surface area contributed by atoms with Crippen molar-refractivity contribution in [3.05, 3.63) is 63.7 Å². The van der Waals surface area contributed by atoms with Crippen LogP contribution in [0, 0.1) is 24.7 Å². The number of esters is 1. The van der Waals surface area contributed by atoms with Gasteiger partial charge in [0.05, 0.1) is 33.5 Å². The molecule has 13 heteroatoms. The Hall–Kier alpha value is -2.00. The second-order valence-electron chi connectivity index (χ2n) is 10.9. The van der Waals surface area contributed by atoms with Crippen molar-refractivity contribution in [3.63, 3.8) is 0 Å². The molecular weight excluding hydrogens is 669 g/mol. The number of anilines is 2. The molecule has 220 valence electrons. The van der Waals surface area contributed by atoms with Crippen LogP contribution in [-0.4, -0.2) is 44.3 Å². The number of nitrogens with zero attached hydrogens (tertiary/aromatic N) is 2. The smallest absolute Gasteiger partial charge is 0.316 e. The zero-order valence-electron chi connectivity index (χ0n) is 22.1. The molecule has 2 saturated heterocycles. The van der Waals surface area contributed by atoms with Crippen LogP contribution in [0.25, 0.3) is 0 Å². The molecule has 1 saturated carbocycles. The van der Waals surface area contributed by atoms with Gasteiger partial charge in [-0.3, -0.25) is 19.2 Å². The minimum absolute atomic E-state index is 0.0235. The van der Waals surface area contributed by atoms with E-state index >= 15 is 0 Å². The summed E-state index contributed by atoms with van der Waals surface area (Å²) >= 11 is 39.4. The van der Waals surface area contributed by atoms with Gasteiger partial charge in [0.15, 0.2) is 4.33 Å². The second kappa shape index (κ2) is 10.0. The van der Waals surface area contributed by atoms with E-state index < -0.39 is 49.6 Å². The van der Waals surface area contributed by atoms with Crippen LogP contribution >= 0.6 is 69.6 Å². The van der Waals surface area contributed by atoms with E-state index in [1.807, 2.05) is 31.2 Å². The highest BCUT2D eigenvalue weighted by Gasteiger charge is 2.87. The number of imide groups is 1. The summed E-state index contributed by atoms with van der Waals surface area (Å²) in [5.74, 6) is -5.06. The maximum absolute atomic E-state index is 13.7. The fourth-order valence-electron chi connectivity index (χ4n) is 6.55. The lowest BCUT2D eigenvalue weighted by Gasteiger charge is -2.34. The number of benzene rings is 2. The van der Waals surface area contributed by atoms with Crippen molar-refractivity contribution in [2.45, 2.75) is 40.8 Å². The summed E-state index contributed by atoms with van der Waals surface area (Å²) < 4.78 is 3.60. The van der Waals surface area contributed by atoms with Crippen LogP contribution in [0.3, 0.4) is 0 Å². The predicted molar refractivity (Wildman–Crippen MR) is 163 cm³/mol. The van der Waals surface area contributed by atoms with Crippen molar-refractivity contribution >= 4 is 105 Å². The van der Waals surface area contributed by atoms with Crippen LogP contribution in [0.5, 0.6) is 5.75 Å². The van der Waals surface area contributed by atoms with E-state index in [1.165, 1.54) is 18.2 Å². The molecule has 2 heterocycles. The summed E-state index contributed by atoms with van der Waals surface area (Å²) in [5.41, 5.74) is 2.49. The van der Waals surface area contributed by atoms with Crippen molar-refractivity contribution in [1.29, 1.82) is 0 Å². The van der Waals surface area contributed by atoms with Gasteiger partial charge in [0.2, 0.25) is 17.7 Å². The van der Waals surface area contributed by atoms with Crippen LogP contribution in [0.15, 0.2) is 52.5 Å². The first-order chi connectivity index (χ1) is 19.7. The number of para-hydroxylation sites is 1. The molecule has 2 aromatic rings. The van der Waals surface area contributed by atoms with Gasteiger partial charge in [-0.2, -0.15) is 0 Å². The largest absolute Gasteiger partial charge is 0.426 e. The Morgan fingerprint density at radius 1 is 0.929 bits per heavy atom. The highest BCUT2D eigenvalue weighted by Crippen LogP contribution is 2.77. The maximum atomic E-state index is 13.7. The van der Waals surface area contributed by atoms with Crippen LogP contribution < -0.4 is 14.5 Å². The molecule has 7 nitrogen and oxygen atoms in total. The number of hydrogen-bond donors (Lipinski definition) is 0. The molecule has 6 rings (SSSR count). The van der Waals surface area contributed by atoms with E-state index in [1.54, 1.807) is 11.8 Å². The first kappa shape index (κ1) is 30.0. The number of hydrogen-bond acceptors (Lipinski definition) is 5. The maximum Gasteiger partial charge on any atom is 0.316 e. The monoisotopic (exact) mass is 688 g/mol. The summed E-state index contributed by atoms with van der Waals surface area (Å²) in [4.78, 5) is 52.0. The third-order valence-corrected chi connectivity index (χ3v) is 12.9. The molecule has 4 aliphatic rings. The summed E-state index contributed by atoms with van der Waals surface area (Å²) in [7, 11) is 0. The van der Waals surface area contributed by atoms with Crippen LogP contribution in [0.2, 0.25) is 0 Å². The number of fused-ring (bicyclic) bond motifs is 5. The quantitative estimate of drug-likeness (QED) is 0.156. The zero-order valence-corrected chi connectivity index (χ0v) is 26.6. The lowest BCUT2D eigenvalue weighted by molar-refractivity contribution is -0.139. The molecule has 3 amide bonds. The van der Waals surface area contributed by atoms with Gasteiger partial charge < -0.3 is 9.64 Å². The Balaban J connectivity index is 1.22. The standard InChI is InChI=1S/C29H22Cl6N2O5/c1-3-14-6-4-5-7-18(14)36-12-15(11-19(36)38)26(41)42-16-8-9-17(13(2)10-16)37-24(39)20-21(25(37)40)28(33)23(31)22(30)27(20,32)29(28,34)35/h4-10,15,20-21H,3,11-12H2,1-2H3/t15-,20-,21+,27+,28+/m0/s1. The molecule has 5 atom stereocenters. The molecule has 2 aliphatic heterocycles. The topological polar surface area (TPSA) is 84.0 Å². The summed E-state index contributed by atoms with van der Waals surface area (Å²) in [6.45, 7) is 3.85. The first-order valence-corrected chi connectivity index (χ1v) is 15.4. The zero-order chi connectivity index (χ0) is 30.5. The fourth-order valence-corrected chi connectivity index (χ4v) is 9.47. The summed E-state index contributed by atoms with van der Waals surface area (Å²) in [6.07, 6.45) is 0.771. The molecule has 2 aromatic carbocycles. The number of carbonyl (C=O) groups excluding carboxylic acids is 4. The highest BCUT2D eigenvalue weighted by molar-refractivity contribution is 6.67. The van der Waals surface area contributed by atoms with Gasteiger partial charge >= 0.3 is 5.97 Å². The number of rotatable bonds is 5. The third kappa shape index (κ3) is 3.74. The van der Waals surface area contributed by atoms with E-state index in [4.69, 9.17) is 74.3 Å². The van der Waals surface area contributed by atoms with Crippen LogP contribution in [0.4, 0.5) is 11.4 Å². The number of aryl methyl sites for hydroxylation is 2. The Morgan fingerprint density at radius 3 is 2.10 bits per heavy atom. The molecule has 0 aromatic heterocycles. The predicted octanol–water partition coefficient (Wildman–Crippen LogP) is 6.47. The van der Waals surface area contributed by atoms with Crippen LogP contribution in [-0.2, 0) is 25.6 Å². The average molecular weight is 691 g/mol. The van der Waals surface area contributed by atoms with Crippen molar-refractivity contribution < 1.29 is 23.9 Å². The molecule has 0 radical (unpaired) electrons. The number of halogens is 6. The molecule has 0 spiro atoms. The Morgan fingerprint density at radius 2 is 1.52 bits per heavy atom. The van der Waals surface area contributed by atoms with Gasteiger partial charge in [-0.15, -0.1) is 23.2 Å². The molecular formula is C29H22Cl6N2O5. The summed E-state index contributed by atoms with van der Waals surface area (Å²) in [6, 6.07) is 12.0. The van der Waals surface area contributed by atoms with Crippen molar-refractivity contribution in [3.8, 4) is 5.75 Å². The number of ether oxygens (including phenoxy) is 1. The normalized spacial score (nSPS) is 31.4. The second-order valence-corrected chi connectivity index (χ2v) is 14.1. The van der Waals surface area contributed by atoms with Crippen molar-refractivity contribution in [2.75, 3.05) is 16.3 Å². The van der Waals surface area contributed by atoms with Crippen molar-refractivity contribution in [1.82, 2.24) is 0 Å². The minimum Gasteiger partial charge on any atom is -0.426 e. The van der Waals surface area contributed by atoms with Gasteiger partial charge in [0, 0.05) is 18.7 Å². The molecule has 0 N–H and O–H groups in total. The molecule has 0 unspecified atom stereocenters. The molecule has 2 bridgehead atoms. The Bertz CT molecular complexity index is 1580. The van der Waals surface area contributed by atoms with Gasteiger partial charge in [-0.1, -0.05) is 71.5 Å². The van der Waals surface area contributed by atoms with E-state index in [9.17, 15) is 19.2 Å². The van der Waals surface area contributed by atoms with Crippen LogP contribution in [0.1, 0.15) is 24.5 Å². The van der Waals surface area contributed by atoms with E-state index in [0.717, 1.165) is 22.6 Å². The van der Waals surface area contributed by atoms with Gasteiger partial charge in [-0.25, -0.2) is 4.90 Å². The Kier molecular flexibility index (Phi) is 7.16.